The third kappa shape index (κ3) is 3.57. The fourth-order valence-corrected chi connectivity index (χ4v) is 1.59. The number of rotatable bonds is 3. The van der Waals surface area contributed by atoms with Gasteiger partial charge in [-0.3, -0.25) is 0 Å². The van der Waals surface area contributed by atoms with Crippen LogP contribution in [0.2, 0.25) is 0 Å². The Hall–Kier alpha value is -2.88. The maximum absolute atomic E-state index is 12.3. The standard InChI is InChI=1S/C14H9F3N2O2/c15-14(16,17)21-11-6-2-1-5-10(11)20-12-7-3-4-9(8-18)13(12)19/h1-7H,19H2. The molecule has 2 aromatic rings. The van der Waals surface area contributed by atoms with E-state index in [0.717, 1.165) is 6.07 Å². The molecule has 4 nitrogen and oxygen atoms in total. The van der Waals surface area contributed by atoms with E-state index in [1.54, 1.807) is 0 Å². The molecule has 0 amide bonds. The minimum absolute atomic E-state index is 0.0433. The number of hydrogen-bond acceptors (Lipinski definition) is 4. The molecule has 0 heterocycles. The highest BCUT2D eigenvalue weighted by Gasteiger charge is 2.32. The Labute approximate surface area is 118 Å². The van der Waals surface area contributed by atoms with E-state index in [1.807, 2.05) is 6.07 Å². The fourth-order valence-electron chi connectivity index (χ4n) is 1.59. The number of hydrogen-bond donors (Lipinski definition) is 1. The third-order valence-electron chi connectivity index (χ3n) is 2.48. The smallest absolute Gasteiger partial charge is 0.451 e. The number of nitrogen functional groups attached to an aromatic ring is 1. The molecule has 0 radical (unpaired) electrons. The van der Waals surface area contributed by atoms with E-state index in [4.69, 9.17) is 15.7 Å². The summed E-state index contributed by atoms with van der Waals surface area (Å²) >= 11 is 0. The van der Waals surface area contributed by atoms with Crippen molar-refractivity contribution in [1.82, 2.24) is 0 Å². The molecule has 0 aliphatic heterocycles. The summed E-state index contributed by atoms with van der Waals surface area (Å²) in [6, 6.07) is 11.6. The summed E-state index contributed by atoms with van der Waals surface area (Å²) in [6.07, 6.45) is -4.83. The average molecular weight is 294 g/mol. The van der Waals surface area contributed by atoms with E-state index in [9.17, 15) is 13.2 Å². The fraction of sp³-hybridized carbons (Fsp3) is 0.0714. The van der Waals surface area contributed by atoms with Gasteiger partial charge in [0.2, 0.25) is 0 Å². The van der Waals surface area contributed by atoms with E-state index in [0.29, 0.717) is 0 Å². The van der Waals surface area contributed by atoms with Crippen LogP contribution in [0, 0.1) is 11.3 Å². The number of anilines is 1. The average Bonchev–Trinajstić information content (AvgIpc) is 2.41. The maximum atomic E-state index is 12.3. The second-order valence-electron chi connectivity index (χ2n) is 3.93. The number of alkyl halides is 3. The van der Waals surface area contributed by atoms with Gasteiger partial charge >= 0.3 is 6.36 Å². The lowest BCUT2D eigenvalue weighted by Crippen LogP contribution is -2.17. The van der Waals surface area contributed by atoms with E-state index in [2.05, 4.69) is 4.74 Å². The molecule has 108 valence electrons. The van der Waals surface area contributed by atoms with Crippen LogP contribution in [0.25, 0.3) is 0 Å². The molecular formula is C14H9F3N2O2. The summed E-state index contributed by atoms with van der Waals surface area (Å²) in [5, 5.41) is 8.86. The molecule has 2 rings (SSSR count). The molecule has 2 aromatic carbocycles. The Bertz CT molecular complexity index is 693. The zero-order chi connectivity index (χ0) is 15.5. The first kappa shape index (κ1) is 14.5. The van der Waals surface area contributed by atoms with Crippen molar-refractivity contribution < 1.29 is 22.6 Å². The summed E-state index contributed by atoms with van der Waals surface area (Å²) in [7, 11) is 0. The second-order valence-corrected chi connectivity index (χ2v) is 3.93. The van der Waals surface area contributed by atoms with Crippen LogP contribution in [-0.2, 0) is 0 Å². The summed E-state index contributed by atoms with van der Waals surface area (Å²) in [5.41, 5.74) is 5.92. The normalized spacial score (nSPS) is 10.8. The summed E-state index contributed by atoms with van der Waals surface area (Å²) < 4.78 is 46.1. The topological polar surface area (TPSA) is 68.3 Å². The Kier molecular flexibility index (Phi) is 3.89. The van der Waals surface area contributed by atoms with Crippen LogP contribution in [0.15, 0.2) is 42.5 Å². The van der Waals surface area contributed by atoms with E-state index in [1.165, 1.54) is 36.4 Å². The largest absolute Gasteiger partial charge is 0.573 e. The first-order chi connectivity index (χ1) is 9.90. The highest BCUT2D eigenvalue weighted by Crippen LogP contribution is 2.37. The van der Waals surface area contributed by atoms with Gasteiger partial charge in [-0.05, 0) is 24.3 Å². The van der Waals surface area contributed by atoms with Gasteiger partial charge < -0.3 is 15.2 Å². The zero-order valence-corrected chi connectivity index (χ0v) is 10.5. The van der Waals surface area contributed by atoms with Crippen molar-refractivity contribution in [3.8, 4) is 23.3 Å². The van der Waals surface area contributed by atoms with E-state index >= 15 is 0 Å². The molecule has 0 bridgehead atoms. The van der Waals surface area contributed by atoms with Gasteiger partial charge in [-0.15, -0.1) is 13.2 Å². The second kappa shape index (κ2) is 5.63. The van der Waals surface area contributed by atoms with Crippen LogP contribution >= 0.6 is 0 Å². The van der Waals surface area contributed by atoms with Crippen LogP contribution in [0.4, 0.5) is 18.9 Å². The molecule has 0 saturated carbocycles. The number of nitrogens with zero attached hydrogens (tertiary/aromatic N) is 1. The summed E-state index contributed by atoms with van der Waals surface area (Å²) in [6.45, 7) is 0. The van der Waals surface area contributed by atoms with Gasteiger partial charge in [-0.25, -0.2) is 0 Å². The number of ether oxygens (including phenoxy) is 2. The Morgan fingerprint density at radius 2 is 1.57 bits per heavy atom. The molecule has 0 fully saturated rings. The molecule has 0 aromatic heterocycles. The first-order valence-electron chi connectivity index (χ1n) is 5.72. The van der Waals surface area contributed by atoms with E-state index in [-0.39, 0.29) is 22.7 Å². The molecule has 7 heteroatoms. The highest BCUT2D eigenvalue weighted by molar-refractivity contribution is 5.64. The lowest BCUT2D eigenvalue weighted by atomic mass is 10.2. The van der Waals surface area contributed by atoms with Crippen LogP contribution in [0.3, 0.4) is 0 Å². The van der Waals surface area contributed by atoms with Crippen LogP contribution in [0.1, 0.15) is 5.56 Å². The van der Waals surface area contributed by atoms with Gasteiger partial charge in [0, 0.05) is 0 Å². The molecule has 0 spiro atoms. The van der Waals surface area contributed by atoms with E-state index < -0.39 is 12.1 Å². The molecule has 0 atom stereocenters. The minimum atomic E-state index is -4.83. The molecule has 0 aliphatic carbocycles. The number of para-hydroxylation sites is 3. The van der Waals surface area contributed by atoms with Gasteiger partial charge in [-0.1, -0.05) is 18.2 Å². The monoisotopic (exact) mass is 294 g/mol. The number of benzene rings is 2. The Morgan fingerprint density at radius 3 is 2.19 bits per heavy atom. The lowest BCUT2D eigenvalue weighted by Gasteiger charge is -2.14. The number of nitrogens with two attached hydrogens (primary N) is 1. The van der Waals surface area contributed by atoms with Gasteiger partial charge in [0.05, 0.1) is 11.3 Å². The van der Waals surface area contributed by atoms with Gasteiger partial charge in [0.1, 0.15) is 6.07 Å². The van der Waals surface area contributed by atoms with Gasteiger partial charge in [0.25, 0.3) is 0 Å². The molecule has 0 saturated heterocycles. The Balaban J connectivity index is 2.35. The Morgan fingerprint density at radius 1 is 0.952 bits per heavy atom. The van der Waals surface area contributed by atoms with Crippen molar-refractivity contribution in [3.05, 3.63) is 48.0 Å². The number of nitriles is 1. The van der Waals surface area contributed by atoms with Crippen molar-refractivity contribution in [3.63, 3.8) is 0 Å². The first-order valence-corrected chi connectivity index (χ1v) is 5.72. The SMILES string of the molecule is N#Cc1cccc(Oc2ccccc2OC(F)(F)F)c1N. The molecular weight excluding hydrogens is 285 g/mol. The molecule has 0 aliphatic rings. The minimum Gasteiger partial charge on any atom is -0.451 e. The van der Waals surface area contributed by atoms with Crippen molar-refractivity contribution in [2.75, 3.05) is 5.73 Å². The molecule has 0 unspecified atom stereocenters. The summed E-state index contributed by atoms with van der Waals surface area (Å²) in [5.74, 6) is -0.573. The molecule has 21 heavy (non-hydrogen) atoms. The highest BCUT2D eigenvalue weighted by atomic mass is 19.4. The predicted molar refractivity (Wildman–Crippen MR) is 68.8 cm³/mol. The number of halogens is 3. The maximum Gasteiger partial charge on any atom is 0.573 e. The zero-order valence-electron chi connectivity index (χ0n) is 10.5. The third-order valence-corrected chi connectivity index (χ3v) is 2.48. The van der Waals surface area contributed by atoms with Crippen molar-refractivity contribution >= 4 is 5.69 Å². The van der Waals surface area contributed by atoms with Crippen LogP contribution < -0.4 is 15.2 Å². The lowest BCUT2D eigenvalue weighted by molar-refractivity contribution is -0.275. The van der Waals surface area contributed by atoms with Gasteiger partial charge in [0.15, 0.2) is 17.2 Å². The molecule has 2 N–H and O–H groups in total. The van der Waals surface area contributed by atoms with Crippen LogP contribution in [-0.4, -0.2) is 6.36 Å². The quantitative estimate of drug-likeness (QED) is 0.873. The van der Waals surface area contributed by atoms with Crippen molar-refractivity contribution in [2.24, 2.45) is 0 Å². The van der Waals surface area contributed by atoms with Gasteiger partial charge in [-0.2, -0.15) is 5.26 Å². The predicted octanol–water partition coefficient (Wildman–Crippen LogP) is 3.83. The van der Waals surface area contributed by atoms with Crippen molar-refractivity contribution in [2.45, 2.75) is 6.36 Å². The van der Waals surface area contributed by atoms with Crippen LogP contribution in [0.5, 0.6) is 17.2 Å². The van der Waals surface area contributed by atoms with Crippen molar-refractivity contribution in [1.29, 1.82) is 5.26 Å². The summed E-state index contributed by atoms with van der Waals surface area (Å²) in [4.78, 5) is 0.